The van der Waals surface area contributed by atoms with Gasteiger partial charge in [-0.3, -0.25) is 0 Å². The van der Waals surface area contributed by atoms with Crippen molar-refractivity contribution in [3.8, 4) is 24.3 Å². The van der Waals surface area contributed by atoms with Crippen LogP contribution in [-0.4, -0.2) is 11.6 Å². The molecule has 0 aliphatic carbocycles. The number of hydrogen-bond acceptors (Lipinski definition) is 3. The fourth-order valence-electron chi connectivity index (χ4n) is 0.859. The third-order valence-corrected chi connectivity index (χ3v) is 1.53. The number of nitrogens with zero attached hydrogens (tertiary/aromatic N) is 2. The van der Waals surface area contributed by atoms with Gasteiger partial charge in [-0.05, 0) is 13.0 Å². The first-order valence-corrected chi connectivity index (χ1v) is 3.82. The van der Waals surface area contributed by atoms with Crippen LogP contribution in [0.1, 0.15) is 11.3 Å². The predicted molar refractivity (Wildman–Crippen MR) is 48.0 cm³/mol. The van der Waals surface area contributed by atoms with E-state index < -0.39 is 5.82 Å². The zero-order chi connectivity index (χ0) is 10.6. The smallest absolute Gasteiger partial charge is 0.233 e. The molecule has 4 heteroatoms. The first kappa shape index (κ1) is 10.0. The zero-order valence-corrected chi connectivity index (χ0v) is 7.54. The summed E-state index contributed by atoms with van der Waals surface area (Å²) in [5.41, 5.74) is 0.222. The van der Waals surface area contributed by atoms with Crippen molar-refractivity contribution in [1.29, 1.82) is 5.26 Å². The molecule has 0 radical (unpaired) electrons. The Kier molecular flexibility index (Phi) is 3.04. The van der Waals surface area contributed by atoms with Gasteiger partial charge in [0.1, 0.15) is 17.4 Å². The van der Waals surface area contributed by atoms with Crippen LogP contribution in [0, 0.1) is 36.4 Å². The molecular weight excluding hydrogens is 183 g/mol. The number of pyridine rings is 1. The van der Waals surface area contributed by atoms with E-state index in [4.69, 9.17) is 16.4 Å². The number of rotatable bonds is 2. The second-order valence-electron chi connectivity index (χ2n) is 2.51. The van der Waals surface area contributed by atoms with Crippen LogP contribution >= 0.6 is 0 Å². The van der Waals surface area contributed by atoms with Crippen molar-refractivity contribution in [1.82, 2.24) is 4.98 Å². The Morgan fingerprint density at radius 2 is 2.43 bits per heavy atom. The molecule has 0 fully saturated rings. The number of terminal acetylenes is 1. The van der Waals surface area contributed by atoms with E-state index in [1.54, 1.807) is 6.07 Å². The molecule has 0 N–H and O–H groups in total. The van der Waals surface area contributed by atoms with Gasteiger partial charge in [-0.2, -0.15) is 5.26 Å². The Labute approximate surface area is 81.1 Å². The quantitative estimate of drug-likeness (QED) is 0.662. The van der Waals surface area contributed by atoms with Crippen molar-refractivity contribution in [2.75, 3.05) is 6.61 Å². The summed E-state index contributed by atoms with van der Waals surface area (Å²) in [6.45, 7) is 1.49. The maximum Gasteiger partial charge on any atom is 0.233 e. The monoisotopic (exact) mass is 190 g/mol. The highest BCUT2D eigenvalue weighted by Crippen LogP contribution is 2.17. The van der Waals surface area contributed by atoms with Crippen molar-refractivity contribution < 1.29 is 9.13 Å². The molecule has 14 heavy (non-hydrogen) atoms. The molecule has 0 amide bonds. The van der Waals surface area contributed by atoms with E-state index in [-0.39, 0.29) is 23.7 Å². The topological polar surface area (TPSA) is 45.9 Å². The van der Waals surface area contributed by atoms with Crippen LogP contribution in [0.4, 0.5) is 4.39 Å². The van der Waals surface area contributed by atoms with Crippen LogP contribution in [-0.2, 0) is 0 Å². The highest BCUT2D eigenvalue weighted by atomic mass is 19.1. The van der Waals surface area contributed by atoms with Gasteiger partial charge in [-0.1, -0.05) is 5.92 Å². The first-order chi connectivity index (χ1) is 6.69. The number of aromatic nitrogens is 1. The highest BCUT2D eigenvalue weighted by molar-refractivity contribution is 5.39. The maximum atomic E-state index is 13.0. The summed E-state index contributed by atoms with van der Waals surface area (Å²) in [7, 11) is 0. The van der Waals surface area contributed by atoms with Crippen LogP contribution in [0.5, 0.6) is 5.88 Å². The van der Waals surface area contributed by atoms with Gasteiger partial charge >= 0.3 is 0 Å². The molecule has 0 saturated carbocycles. The molecular formula is C10H7FN2O. The third kappa shape index (κ3) is 1.99. The van der Waals surface area contributed by atoms with Gasteiger partial charge in [0, 0.05) is 0 Å². The molecule has 1 aromatic heterocycles. The van der Waals surface area contributed by atoms with Crippen LogP contribution in [0.15, 0.2) is 6.07 Å². The second-order valence-corrected chi connectivity index (χ2v) is 2.51. The van der Waals surface area contributed by atoms with E-state index in [9.17, 15) is 4.39 Å². The molecule has 0 aliphatic heterocycles. The summed E-state index contributed by atoms with van der Waals surface area (Å²) in [5.74, 6) is 1.78. The lowest BCUT2D eigenvalue weighted by molar-refractivity contribution is 0.351. The number of nitriles is 1. The first-order valence-electron chi connectivity index (χ1n) is 3.82. The average Bonchev–Trinajstić information content (AvgIpc) is 2.19. The molecule has 1 rings (SSSR count). The lowest BCUT2D eigenvalue weighted by atomic mass is 10.2. The van der Waals surface area contributed by atoms with E-state index in [0.717, 1.165) is 6.07 Å². The molecule has 0 bridgehead atoms. The fraction of sp³-hybridized carbons (Fsp3) is 0.200. The van der Waals surface area contributed by atoms with Crippen LogP contribution < -0.4 is 4.74 Å². The Morgan fingerprint density at radius 1 is 1.71 bits per heavy atom. The van der Waals surface area contributed by atoms with Gasteiger partial charge in [-0.25, -0.2) is 9.37 Å². The molecule has 1 aromatic rings. The Balaban J connectivity index is 3.10. The Bertz CT molecular complexity index is 429. The van der Waals surface area contributed by atoms with Crippen molar-refractivity contribution >= 4 is 0 Å². The van der Waals surface area contributed by atoms with E-state index in [1.807, 2.05) is 0 Å². The van der Waals surface area contributed by atoms with Gasteiger partial charge in [0.25, 0.3) is 0 Å². The van der Waals surface area contributed by atoms with Crippen LogP contribution in [0.25, 0.3) is 0 Å². The summed E-state index contributed by atoms with van der Waals surface area (Å²) in [6, 6.07) is 2.85. The van der Waals surface area contributed by atoms with E-state index in [0.29, 0.717) is 0 Å². The van der Waals surface area contributed by atoms with E-state index in [2.05, 4.69) is 10.9 Å². The lowest BCUT2D eigenvalue weighted by Crippen LogP contribution is -2.01. The standard InChI is InChI=1S/C10H7FN2O/c1-3-4-14-10-8(6-12)5-9(11)7(2)13-10/h1,5H,4H2,2H3. The lowest BCUT2D eigenvalue weighted by Gasteiger charge is -2.04. The minimum Gasteiger partial charge on any atom is -0.464 e. The maximum absolute atomic E-state index is 13.0. The van der Waals surface area contributed by atoms with Gasteiger partial charge in [0.2, 0.25) is 5.88 Å². The van der Waals surface area contributed by atoms with Crippen molar-refractivity contribution in [3.05, 3.63) is 23.1 Å². The van der Waals surface area contributed by atoms with Gasteiger partial charge in [0.15, 0.2) is 6.61 Å². The minimum atomic E-state index is -0.533. The number of halogens is 1. The summed E-state index contributed by atoms with van der Waals surface area (Å²) in [5, 5.41) is 8.64. The van der Waals surface area contributed by atoms with E-state index in [1.165, 1.54) is 6.92 Å². The molecule has 0 atom stereocenters. The van der Waals surface area contributed by atoms with Crippen molar-refractivity contribution in [2.45, 2.75) is 6.92 Å². The predicted octanol–water partition coefficient (Wildman–Crippen LogP) is 1.41. The van der Waals surface area contributed by atoms with E-state index >= 15 is 0 Å². The normalized spacial score (nSPS) is 8.86. The highest BCUT2D eigenvalue weighted by Gasteiger charge is 2.09. The largest absolute Gasteiger partial charge is 0.464 e. The molecule has 0 spiro atoms. The molecule has 0 aromatic carbocycles. The van der Waals surface area contributed by atoms with Gasteiger partial charge in [-0.15, -0.1) is 6.42 Å². The molecule has 0 saturated heterocycles. The van der Waals surface area contributed by atoms with Crippen molar-refractivity contribution in [3.63, 3.8) is 0 Å². The number of hydrogen-bond donors (Lipinski definition) is 0. The molecule has 0 aliphatic rings. The van der Waals surface area contributed by atoms with Crippen LogP contribution in [0.3, 0.4) is 0 Å². The zero-order valence-electron chi connectivity index (χ0n) is 7.54. The molecule has 0 unspecified atom stereocenters. The fourth-order valence-corrected chi connectivity index (χ4v) is 0.859. The minimum absolute atomic E-state index is 0.00670. The van der Waals surface area contributed by atoms with Crippen molar-refractivity contribution in [2.24, 2.45) is 0 Å². The summed E-state index contributed by atoms with van der Waals surface area (Å²) < 4.78 is 17.9. The number of ether oxygens (including phenoxy) is 1. The molecule has 3 nitrogen and oxygen atoms in total. The molecule has 70 valence electrons. The summed E-state index contributed by atoms with van der Waals surface area (Å²) in [6.07, 6.45) is 4.98. The average molecular weight is 190 g/mol. The van der Waals surface area contributed by atoms with Gasteiger partial charge in [0.05, 0.1) is 5.69 Å². The van der Waals surface area contributed by atoms with Gasteiger partial charge < -0.3 is 4.74 Å². The summed E-state index contributed by atoms with van der Waals surface area (Å²) in [4.78, 5) is 3.77. The Morgan fingerprint density at radius 3 is 3.00 bits per heavy atom. The number of aryl methyl sites for hydroxylation is 1. The van der Waals surface area contributed by atoms with Crippen LogP contribution in [0.2, 0.25) is 0 Å². The second kappa shape index (κ2) is 4.25. The molecule has 1 heterocycles. The SMILES string of the molecule is C#CCOc1nc(C)c(F)cc1C#N. The Hall–Kier alpha value is -2.07. The third-order valence-electron chi connectivity index (χ3n) is 1.53. The summed E-state index contributed by atoms with van der Waals surface area (Å²) >= 11 is 0.